The maximum atomic E-state index is 12.7. The number of esters is 1. The molecule has 31 heavy (non-hydrogen) atoms. The smallest absolute Gasteiger partial charge is 0.310 e. The van der Waals surface area contributed by atoms with E-state index in [2.05, 4.69) is 22.2 Å². The third-order valence-corrected chi connectivity index (χ3v) is 4.61. The van der Waals surface area contributed by atoms with Crippen LogP contribution in [0.2, 0.25) is 0 Å². The molecule has 3 rings (SSSR count). The van der Waals surface area contributed by atoms with Gasteiger partial charge < -0.3 is 21.1 Å². The fourth-order valence-electron chi connectivity index (χ4n) is 2.98. The summed E-state index contributed by atoms with van der Waals surface area (Å²) in [5.41, 5.74) is 9.81. The van der Waals surface area contributed by atoms with Crippen LogP contribution in [0.3, 0.4) is 0 Å². The van der Waals surface area contributed by atoms with Crippen molar-refractivity contribution in [3.8, 4) is 0 Å². The van der Waals surface area contributed by atoms with Crippen LogP contribution in [-0.4, -0.2) is 24.8 Å². The van der Waals surface area contributed by atoms with Crippen LogP contribution in [0.5, 0.6) is 0 Å². The van der Waals surface area contributed by atoms with Crippen LogP contribution in [0.15, 0.2) is 83.6 Å². The molecule has 0 radical (unpaired) electrons. The zero-order valence-electron chi connectivity index (χ0n) is 17.2. The zero-order valence-corrected chi connectivity index (χ0v) is 17.2. The van der Waals surface area contributed by atoms with E-state index >= 15 is 0 Å². The summed E-state index contributed by atoms with van der Waals surface area (Å²) in [5, 5.41) is 5.74. The summed E-state index contributed by atoms with van der Waals surface area (Å²) < 4.78 is 4.71. The van der Waals surface area contributed by atoms with Gasteiger partial charge in [-0.3, -0.25) is 9.59 Å². The van der Waals surface area contributed by atoms with Gasteiger partial charge >= 0.3 is 5.97 Å². The van der Waals surface area contributed by atoms with Gasteiger partial charge in [-0.05, 0) is 34.9 Å². The number of methoxy groups -OCH3 is 1. The first kappa shape index (κ1) is 21.7. The quantitative estimate of drug-likeness (QED) is 0.475. The van der Waals surface area contributed by atoms with E-state index < -0.39 is 11.9 Å². The molecule has 1 aliphatic heterocycles. The molecule has 0 unspecified atom stereocenters. The third kappa shape index (κ3) is 5.77. The molecule has 0 aromatic heterocycles. The van der Waals surface area contributed by atoms with Crippen molar-refractivity contribution in [3.05, 3.63) is 95.3 Å². The Hall–Kier alpha value is -3.97. The topological polar surface area (TPSA) is 106 Å². The van der Waals surface area contributed by atoms with E-state index in [1.54, 1.807) is 30.5 Å². The largest absolute Gasteiger partial charge is 0.469 e. The maximum absolute atomic E-state index is 12.7. The summed E-state index contributed by atoms with van der Waals surface area (Å²) in [4.78, 5) is 28.6. The maximum Gasteiger partial charge on any atom is 0.310 e. The molecule has 0 bridgehead atoms. The van der Waals surface area contributed by atoms with E-state index in [9.17, 15) is 9.59 Å². The van der Waals surface area contributed by atoms with Crippen LogP contribution in [-0.2, 0) is 27.3 Å². The van der Waals surface area contributed by atoms with Crippen LogP contribution in [0.25, 0.3) is 6.08 Å². The second-order valence-electron chi connectivity index (χ2n) is 6.81. The van der Waals surface area contributed by atoms with Gasteiger partial charge in [0.2, 0.25) is 0 Å². The molecule has 4 N–H and O–H groups in total. The number of amides is 1. The normalized spacial score (nSPS) is 13.6. The van der Waals surface area contributed by atoms with Crippen molar-refractivity contribution in [1.29, 1.82) is 0 Å². The van der Waals surface area contributed by atoms with Gasteiger partial charge in [0.15, 0.2) is 0 Å². The number of carbonyl (C=O) groups is 2. The second-order valence-corrected chi connectivity index (χ2v) is 6.81. The lowest BCUT2D eigenvalue weighted by Crippen LogP contribution is -2.30. The van der Waals surface area contributed by atoms with Crippen molar-refractivity contribution in [3.63, 3.8) is 0 Å². The highest BCUT2D eigenvalue weighted by Crippen LogP contribution is 2.18. The molecule has 2 aromatic carbocycles. The molecule has 0 atom stereocenters. The molecule has 2 aromatic rings. The lowest BCUT2D eigenvalue weighted by Gasteiger charge is -2.13. The van der Waals surface area contributed by atoms with Crippen LogP contribution < -0.4 is 16.4 Å². The number of aliphatic imine (C=N–C) groups is 1. The molecule has 7 heteroatoms. The zero-order chi connectivity index (χ0) is 22.2. The van der Waals surface area contributed by atoms with Crippen molar-refractivity contribution in [2.45, 2.75) is 13.0 Å². The molecular formula is C24H24N4O3. The molecule has 7 nitrogen and oxygen atoms in total. The van der Waals surface area contributed by atoms with E-state index in [-0.39, 0.29) is 12.1 Å². The van der Waals surface area contributed by atoms with E-state index in [0.29, 0.717) is 23.6 Å². The lowest BCUT2D eigenvalue weighted by molar-refractivity contribution is -0.139. The minimum Gasteiger partial charge on any atom is -0.469 e. The van der Waals surface area contributed by atoms with Crippen LogP contribution in [0.1, 0.15) is 16.7 Å². The Morgan fingerprint density at radius 1 is 1.16 bits per heavy atom. The Morgan fingerprint density at radius 2 is 1.97 bits per heavy atom. The summed E-state index contributed by atoms with van der Waals surface area (Å²) in [7, 11) is 1.32. The molecule has 158 valence electrons. The number of para-hydroxylation sites is 1. The van der Waals surface area contributed by atoms with Crippen LogP contribution in [0, 0.1) is 0 Å². The monoisotopic (exact) mass is 416 g/mol. The average Bonchev–Trinajstić information content (AvgIpc) is 3.21. The summed E-state index contributed by atoms with van der Waals surface area (Å²) in [6, 6.07) is 14.9. The Balaban J connectivity index is 1.68. The fraction of sp³-hybridized carbons (Fsp3) is 0.125. The lowest BCUT2D eigenvalue weighted by atomic mass is 10.1. The molecule has 0 aliphatic carbocycles. The molecule has 0 saturated carbocycles. The molecule has 1 amide bonds. The van der Waals surface area contributed by atoms with Gasteiger partial charge in [0.25, 0.3) is 5.91 Å². The van der Waals surface area contributed by atoms with Gasteiger partial charge in [-0.25, -0.2) is 4.99 Å². The van der Waals surface area contributed by atoms with Gasteiger partial charge in [0.05, 0.1) is 19.2 Å². The van der Waals surface area contributed by atoms with Gasteiger partial charge in [0, 0.05) is 24.0 Å². The Morgan fingerprint density at radius 3 is 2.74 bits per heavy atom. The van der Waals surface area contributed by atoms with Crippen LogP contribution >= 0.6 is 0 Å². The SMILES string of the molecule is C=C(NC1=NC=C/C1=C\c1cccc(CN)c1)C(=O)Nc1ccccc1CC(=O)OC. The minimum atomic E-state index is -0.434. The Kier molecular flexibility index (Phi) is 7.13. The molecule has 0 saturated heterocycles. The highest BCUT2D eigenvalue weighted by molar-refractivity contribution is 6.12. The standard InChI is InChI=1S/C24H24N4O3/c1-16(24(30)28-21-9-4-3-8-19(21)14-22(29)31-2)27-23-20(10-11-26-23)13-17-6-5-7-18(12-17)15-25/h3-13H,1,14-15,25H2,2H3,(H,26,27)(H,28,30)/b20-13+. The first-order valence-corrected chi connectivity index (χ1v) is 9.67. The van der Waals surface area contributed by atoms with Crippen molar-refractivity contribution >= 4 is 29.5 Å². The number of nitrogens with one attached hydrogen (secondary N) is 2. The van der Waals surface area contributed by atoms with Crippen molar-refractivity contribution < 1.29 is 14.3 Å². The molecule has 0 fully saturated rings. The van der Waals surface area contributed by atoms with Gasteiger partial charge in [-0.2, -0.15) is 0 Å². The number of hydrogen-bond acceptors (Lipinski definition) is 6. The number of nitrogens with two attached hydrogens (primary N) is 1. The highest BCUT2D eigenvalue weighted by Gasteiger charge is 2.16. The number of anilines is 1. The molecular weight excluding hydrogens is 392 g/mol. The Bertz CT molecular complexity index is 1100. The highest BCUT2D eigenvalue weighted by atomic mass is 16.5. The predicted molar refractivity (Wildman–Crippen MR) is 122 cm³/mol. The number of carbonyl (C=O) groups excluding carboxylic acids is 2. The number of hydrogen-bond donors (Lipinski definition) is 3. The van der Waals surface area contributed by atoms with Gasteiger partial charge in [-0.15, -0.1) is 0 Å². The number of amidine groups is 1. The number of ether oxygens (including phenoxy) is 1. The van der Waals surface area contributed by atoms with Crippen molar-refractivity contribution in [1.82, 2.24) is 5.32 Å². The van der Waals surface area contributed by atoms with Gasteiger partial charge in [-0.1, -0.05) is 49.0 Å². The second kappa shape index (κ2) is 10.2. The van der Waals surface area contributed by atoms with Crippen molar-refractivity contribution in [2.24, 2.45) is 10.7 Å². The molecule has 1 heterocycles. The molecule has 1 aliphatic rings. The first-order chi connectivity index (χ1) is 15.0. The van der Waals surface area contributed by atoms with Crippen LogP contribution in [0.4, 0.5) is 5.69 Å². The number of benzene rings is 2. The summed E-state index contributed by atoms with van der Waals surface area (Å²) in [6.07, 6.45) is 5.50. The first-order valence-electron chi connectivity index (χ1n) is 9.67. The minimum absolute atomic E-state index is 0.0538. The average molecular weight is 416 g/mol. The van der Waals surface area contributed by atoms with E-state index in [1.807, 2.05) is 36.4 Å². The van der Waals surface area contributed by atoms with E-state index in [1.165, 1.54) is 7.11 Å². The molecule has 0 spiro atoms. The summed E-state index contributed by atoms with van der Waals surface area (Å²) in [5.74, 6) is -0.309. The number of nitrogens with zero attached hydrogens (tertiary/aromatic N) is 1. The van der Waals surface area contributed by atoms with E-state index in [0.717, 1.165) is 16.7 Å². The number of rotatable bonds is 7. The van der Waals surface area contributed by atoms with Gasteiger partial charge in [0.1, 0.15) is 5.84 Å². The third-order valence-electron chi connectivity index (χ3n) is 4.61. The summed E-state index contributed by atoms with van der Waals surface area (Å²) >= 11 is 0. The predicted octanol–water partition coefficient (Wildman–Crippen LogP) is 2.91. The van der Waals surface area contributed by atoms with E-state index in [4.69, 9.17) is 10.5 Å². The van der Waals surface area contributed by atoms with Crippen molar-refractivity contribution in [2.75, 3.05) is 12.4 Å². The fourth-order valence-corrected chi connectivity index (χ4v) is 2.98. The Labute approximate surface area is 181 Å². The summed E-state index contributed by atoms with van der Waals surface area (Å²) in [6.45, 7) is 4.28.